The van der Waals surface area contributed by atoms with Crippen molar-refractivity contribution in [1.29, 1.82) is 0 Å². The molecule has 2 atom stereocenters. The minimum absolute atomic E-state index is 0.553. The van der Waals surface area contributed by atoms with Gasteiger partial charge in [-0.25, -0.2) is 0 Å². The molecule has 0 spiro atoms. The molecule has 0 radical (unpaired) electrons. The zero-order valence-corrected chi connectivity index (χ0v) is 11.0. The first-order valence-corrected chi connectivity index (χ1v) is 5.83. The Morgan fingerprint density at radius 2 is 1.94 bits per heavy atom. The molecule has 0 aromatic heterocycles. The fourth-order valence-electron chi connectivity index (χ4n) is 1.99. The maximum absolute atomic E-state index is 5.26. The van der Waals surface area contributed by atoms with Gasteiger partial charge in [-0.15, -0.1) is 0 Å². The zero-order chi connectivity index (χ0) is 12.1. The number of benzene rings is 1. The lowest BCUT2D eigenvalue weighted by atomic mass is 9.88. The van der Waals surface area contributed by atoms with E-state index in [2.05, 4.69) is 51.0 Å². The third-order valence-corrected chi connectivity index (χ3v) is 3.13. The molecule has 90 valence electrons. The predicted molar refractivity (Wildman–Crippen MR) is 69.1 cm³/mol. The lowest BCUT2D eigenvalue weighted by Crippen LogP contribution is -2.23. The minimum atomic E-state index is 0.553. The number of rotatable bonds is 5. The third-order valence-electron chi connectivity index (χ3n) is 3.13. The second-order valence-electron chi connectivity index (χ2n) is 4.80. The summed E-state index contributed by atoms with van der Waals surface area (Å²) in [7, 11) is 5.95. The van der Waals surface area contributed by atoms with Crippen molar-refractivity contribution in [1.82, 2.24) is 4.90 Å². The highest BCUT2D eigenvalue weighted by atomic mass is 16.5. The predicted octanol–water partition coefficient (Wildman–Crippen LogP) is 3.00. The summed E-state index contributed by atoms with van der Waals surface area (Å²) in [5.41, 5.74) is 1.36. The molecular formula is C14H23NO. The molecule has 16 heavy (non-hydrogen) atoms. The van der Waals surface area contributed by atoms with Crippen molar-refractivity contribution in [3.63, 3.8) is 0 Å². The summed E-state index contributed by atoms with van der Waals surface area (Å²) in [6, 6.07) is 8.37. The van der Waals surface area contributed by atoms with E-state index in [-0.39, 0.29) is 0 Å². The van der Waals surface area contributed by atoms with E-state index in [1.54, 1.807) is 7.11 Å². The van der Waals surface area contributed by atoms with Crippen LogP contribution in [0.25, 0.3) is 0 Å². The lowest BCUT2D eigenvalue weighted by Gasteiger charge is -2.23. The van der Waals surface area contributed by atoms with Gasteiger partial charge < -0.3 is 9.64 Å². The summed E-state index contributed by atoms with van der Waals surface area (Å²) in [6.07, 6.45) is 0. The van der Waals surface area contributed by atoms with Crippen molar-refractivity contribution >= 4 is 0 Å². The fraction of sp³-hybridized carbons (Fsp3) is 0.571. The van der Waals surface area contributed by atoms with Crippen molar-refractivity contribution in [2.45, 2.75) is 19.8 Å². The van der Waals surface area contributed by atoms with Crippen LogP contribution in [-0.2, 0) is 0 Å². The Morgan fingerprint density at radius 1 is 1.25 bits per heavy atom. The maximum atomic E-state index is 5.26. The van der Waals surface area contributed by atoms with Crippen LogP contribution in [0.4, 0.5) is 0 Å². The minimum Gasteiger partial charge on any atom is -0.497 e. The number of hydrogen-bond donors (Lipinski definition) is 0. The Kier molecular flexibility index (Phi) is 4.81. The van der Waals surface area contributed by atoms with Gasteiger partial charge in [0, 0.05) is 6.54 Å². The highest BCUT2D eigenvalue weighted by Gasteiger charge is 2.15. The summed E-state index contributed by atoms with van der Waals surface area (Å²) >= 11 is 0. The summed E-state index contributed by atoms with van der Waals surface area (Å²) < 4.78 is 5.26. The van der Waals surface area contributed by atoms with Crippen molar-refractivity contribution in [2.75, 3.05) is 27.7 Å². The Bertz CT molecular complexity index is 322. The molecular weight excluding hydrogens is 198 g/mol. The lowest BCUT2D eigenvalue weighted by molar-refractivity contribution is 0.313. The van der Waals surface area contributed by atoms with Gasteiger partial charge in [-0.1, -0.05) is 26.0 Å². The highest BCUT2D eigenvalue weighted by molar-refractivity contribution is 5.30. The molecule has 0 aliphatic rings. The van der Waals surface area contributed by atoms with Crippen LogP contribution in [0.1, 0.15) is 25.3 Å². The SMILES string of the molecule is COc1cccc([C@@H](C)[C@H](C)CN(C)C)c1. The number of hydrogen-bond acceptors (Lipinski definition) is 2. The molecule has 0 aliphatic heterocycles. The van der Waals surface area contributed by atoms with Gasteiger partial charge in [-0.3, -0.25) is 0 Å². The molecule has 1 rings (SSSR count). The Morgan fingerprint density at radius 3 is 2.50 bits per heavy atom. The van der Waals surface area contributed by atoms with E-state index in [1.165, 1.54) is 5.56 Å². The first kappa shape index (κ1) is 13.0. The molecule has 2 heteroatoms. The van der Waals surface area contributed by atoms with Crippen molar-refractivity contribution < 1.29 is 4.74 Å². The molecule has 1 aromatic carbocycles. The van der Waals surface area contributed by atoms with Gasteiger partial charge in [0.05, 0.1) is 7.11 Å². The van der Waals surface area contributed by atoms with Gasteiger partial charge in [0.1, 0.15) is 5.75 Å². The normalized spacial score (nSPS) is 14.9. The second kappa shape index (κ2) is 5.90. The van der Waals surface area contributed by atoms with Crippen molar-refractivity contribution in [3.8, 4) is 5.75 Å². The molecule has 0 amide bonds. The monoisotopic (exact) mass is 221 g/mol. The zero-order valence-electron chi connectivity index (χ0n) is 11.0. The molecule has 2 nitrogen and oxygen atoms in total. The maximum Gasteiger partial charge on any atom is 0.119 e. The Labute approximate surface area is 99.2 Å². The van der Waals surface area contributed by atoms with Crippen LogP contribution < -0.4 is 4.74 Å². The smallest absolute Gasteiger partial charge is 0.119 e. The van der Waals surface area contributed by atoms with Gasteiger partial charge in [0.2, 0.25) is 0 Å². The van der Waals surface area contributed by atoms with Crippen molar-refractivity contribution in [3.05, 3.63) is 29.8 Å². The van der Waals surface area contributed by atoms with Gasteiger partial charge >= 0.3 is 0 Å². The highest BCUT2D eigenvalue weighted by Crippen LogP contribution is 2.27. The molecule has 0 fully saturated rings. The molecule has 0 aliphatic carbocycles. The largest absolute Gasteiger partial charge is 0.497 e. The third kappa shape index (κ3) is 3.53. The number of ether oxygens (including phenoxy) is 1. The van der Waals surface area contributed by atoms with Crippen molar-refractivity contribution in [2.24, 2.45) is 5.92 Å². The van der Waals surface area contributed by atoms with Gasteiger partial charge in [-0.05, 0) is 43.6 Å². The van der Waals surface area contributed by atoms with Crippen LogP contribution in [0.3, 0.4) is 0 Å². The fourth-order valence-corrected chi connectivity index (χ4v) is 1.99. The average molecular weight is 221 g/mol. The van der Waals surface area contributed by atoms with E-state index in [1.807, 2.05) is 6.07 Å². The Hall–Kier alpha value is -1.02. The van der Waals surface area contributed by atoms with Crippen LogP contribution >= 0.6 is 0 Å². The average Bonchev–Trinajstić information content (AvgIpc) is 2.27. The molecule has 1 aromatic rings. The van der Waals surface area contributed by atoms with E-state index < -0.39 is 0 Å². The molecule has 0 saturated carbocycles. The molecule has 0 bridgehead atoms. The summed E-state index contributed by atoms with van der Waals surface area (Å²) in [5.74, 6) is 2.14. The summed E-state index contributed by atoms with van der Waals surface area (Å²) in [5, 5.41) is 0. The van der Waals surface area contributed by atoms with Crippen LogP contribution in [0.2, 0.25) is 0 Å². The first-order valence-electron chi connectivity index (χ1n) is 5.83. The van der Waals surface area contributed by atoms with E-state index in [0.717, 1.165) is 12.3 Å². The van der Waals surface area contributed by atoms with Crippen LogP contribution in [0.5, 0.6) is 5.75 Å². The van der Waals surface area contributed by atoms with Crippen LogP contribution in [0.15, 0.2) is 24.3 Å². The summed E-state index contributed by atoms with van der Waals surface area (Å²) in [4.78, 5) is 2.24. The number of methoxy groups -OCH3 is 1. The van der Waals surface area contributed by atoms with E-state index in [0.29, 0.717) is 11.8 Å². The molecule has 0 saturated heterocycles. The molecule has 0 heterocycles. The van der Waals surface area contributed by atoms with Crippen LogP contribution in [-0.4, -0.2) is 32.6 Å². The van der Waals surface area contributed by atoms with E-state index >= 15 is 0 Å². The number of nitrogens with zero attached hydrogens (tertiary/aromatic N) is 1. The second-order valence-corrected chi connectivity index (χ2v) is 4.80. The van der Waals surface area contributed by atoms with E-state index in [4.69, 9.17) is 4.74 Å². The van der Waals surface area contributed by atoms with Gasteiger partial charge in [-0.2, -0.15) is 0 Å². The molecule has 0 unspecified atom stereocenters. The van der Waals surface area contributed by atoms with Gasteiger partial charge in [0.25, 0.3) is 0 Å². The van der Waals surface area contributed by atoms with Crippen LogP contribution in [0, 0.1) is 5.92 Å². The first-order chi connectivity index (χ1) is 7.54. The topological polar surface area (TPSA) is 12.5 Å². The van der Waals surface area contributed by atoms with E-state index in [9.17, 15) is 0 Å². The molecule has 0 N–H and O–H groups in total. The van der Waals surface area contributed by atoms with Gasteiger partial charge in [0.15, 0.2) is 0 Å². The summed E-state index contributed by atoms with van der Waals surface area (Å²) in [6.45, 7) is 5.69. The standard InChI is InChI=1S/C14H23NO/c1-11(10-15(3)4)12(2)13-7-6-8-14(9-13)16-5/h6-9,11-12H,10H2,1-5H3/t11-,12+/m1/s1. The quantitative estimate of drug-likeness (QED) is 0.758. The Balaban J connectivity index is 2.74.